The molecule has 20 heavy (non-hydrogen) atoms. The molecule has 1 aliphatic heterocycles. The number of benzene rings is 1. The SMILES string of the molecule is COC(=O)C1CCCCN1S(=O)(=O)c1ccccc1Cl. The van der Waals surface area contributed by atoms with Gasteiger partial charge in [-0.3, -0.25) is 4.79 Å². The topological polar surface area (TPSA) is 63.7 Å². The number of methoxy groups -OCH3 is 1. The molecule has 1 aromatic carbocycles. The van der Waals surface area contributed by atoms with Crippen molar-refractivity contribution in [1.29, 1.82) is 0 Å². The molecule has 0 saturated carbocycles. The Hall–Kier alpha value is -1.11. The third-order valence-electron chi connectivity index (χ3n) is 3.35. The molecular formula is C13H16ClNO4S. The number of sulfonamides is 1. The van der Waals surface area contributed by atoms with Gasteiger partial charge in [0.15, 0.2) is 0 Å². The molecule has 110 valence electrons. The average molecular weight is 318 g/mol. The molecule has 1 atom stereocenters. The van der Waals surface area contributed by atoms with Gasteiger partial charge in [-0.15, -0.1) is 0 Å². The van der Waals surface area contributed by atoms with E-state index in [9.17, 15) is 13.2 Å². The van der Waals surface area contributed by atoms with Crippen LogP contribution in [0.1, 0.15) is 19.3 Å². The first-order valence-corrected chi connectivity index (χ1v) is 8.14. The summed E-state index contributed by atoms with van der Waals surface area (Å²) in [7, 11) is -2.54. The van der Waals surface area contributed by atoms with E-state index in [0.717, 1.165) is 12.8 Å². The first kappa shape index (κ1) is 15.3. The minimum Gasteiger partial charge on any atom is -0.468 e. The van der Waals surface area contributed by atoms with Crippen molar-refractivity contribution in [2.45, 2.75) is 30.2 Å². The summed E-state index contributed by atoms with van der Waals surface area (Å²) in [4.78, 5) is 11.8. The maximum atomic E-state index is 12.7. The highest BCUT2D eigenvalue weighted by molar-refractivity contribution is 7.89. The lowest BCUT2D eigenvalue weighted by Gasteiger charge is -2.32. The number of hydrogen-bond acceptors (Lipinski definition) is 4. The summed E-state index contributed by atoms with van der Waals surface area (Å²) in [5.41, 5.74) is 0. The van der Waals surface area contributed by atoms with Crippen molar-refractivity contribution in [2.24, 2.45) is 0 Å². The first-order valence-electron chi connectivity index (χ1n) is 6.32. The zero-order valence-corrected chi connectivity index (χ0v) is 12.7. The molecule has 0 bridgehead atoms. The summed E-state index contributed by atoms with van der Waals surface area (Å²) in [5.74, 6) is -0.527. The third kappa shape index (κ3) is 2.82. The highest BCUT2D eigenvalue weighted by Gasteiger charge is 2.38. The fraction of sp³-hybridized carbons (Fsp3) is 0.462. The van der Waals surface area contributed by atoms with Gasteiger partial charge in [0, 0.05) is 6.54 Å². The van der Waals surface area contributed by atoms with Crippen molar-refractivity contribution in [3.05, 3.63) is 29.3 Å². The summed E-state index contributed by atoms with van der Waals surface area (Å²) < 4.78 is 31.2. The van der Waals surface area contributed by atoms with Gasteiger partial charge in [-0.2, -0.15) is 4.31 Å². The zero-order valence-electron chi connectivity index (χ0n) is 11.1. The second kappa shape index (κ2) is 6.11. The minimum atomic E-state index is -3.80. The number of rotatable bonds is 3. The number of nitrogens with zero attached hydrogens (tertiary/aromatic N) is 1. The van der Waals surface area contributed by atoms with Crippen LogP contribution in [0.5, 0.6) is 0 Å². The average Bonchev–Trinajstić information content (AvgIpc) is 2.46. The number of esters is 1. The van der Waals surface area contributed by atoms with Crippen molar-refractivity contribution >= 4 is 27.6 Å². The molecule has 0 N–H and O–H groups in total. The minimum absolute atomic E-state index is 0.0254. The Kier molecular flexibility index (Phi) is 4.67. The number of carbonyl (C=O) groups excluding carboxylic acids is 1. The summed E-state index contributed by atoms with van der Waals surface area (Å²) in [6, 6.07) is 5.46. The fourth-order valence-corrected chi connectivity index (χ4v) is 4.49. The maximum Gasteiger partial charge on any atom is 0.324 e. The molecular weight excluding hydrogens is 302 g/mol. The van der Waals surface area contributed by atoms with Gasteiger partial charge >= 0.3 is 5.97 Å². The normalized spacial score (nSPS) is 20.6. The zero-order chi connectivity index (χ0) is 14.8. The Labute approximate surface area is 123 Å². The smallest absolute Gasteiger partial charge is 0.324 e. The molecule has 0 aliphatic carbocycles. The molecule has 7 heteroatoms. The Morgan fingerprint density at radius 3 is 2.70 bits per heavy atom. The molecule has 5 nitrogen and oxygen atoms in total. The number of piperidine rings is 1. The van der Waals surface area contributed by atoms with Crippen molar-refractivity contribution in [2.75, 3.05) is 13.7 Å². The molecule has 1 heterocycles. The lowest BCUT2D eigenvalue weighted by Crippen LogP contribution is -2.48. The van der Waals surface area contributed by atoms with Crippen LogP contribution in [0, 0.1) is 0 Å². The molecule has 1 unspecified atom stereocenters. The van der Waals surface area contributed by atoms with Crippen molar-refractivity contribution in [3.63, 3.8) is 0 Å². The van der Waals surface area contributed by atoms with Gasteiger partial charge in [0.05, 0.1) is 12.1 Å². The number of ether oxygens (including phenoxy) is 1. The van der Waals surface area contributed by atoms with E-state index in [2.05, 4.69) is 0 Å². The first-order chi connectivity index (χ1) is 9.48. The fourth-order valence-electron chi connectivity index (χ4n) is 2.34. The Morgan fingerprint density at radius 1 is 1.35 bits per heavy atom. The van der Waals surface area contributed by atoms with Crippen LogP contribution in [0.25, 0.3) is 0 Å². The van der Waals surface area contributed by atoms with Crippen LogP contribution < -0.4 is 0 Å². The van der Waals surface area contributed by atoms with Crippen LogP contribution in [-0.2, 0) is 19.6 Å². The number of carbonyl (C=O) groups is 1. The molecule has 1 fully saturated rings. The predicted octanol–water partition coefficient (Wildman–Crippen LogP) is 2.06. The van der Waals surface area contributed by atoms with Gasteiger partial charge in [0.2, 0.25) is 10.0 Å². The van der Waals surface area contributed by atoms with Crippen LogP contribution in [-0.4, -0.2) is 38.4 Å². The number of hydrogen-bond donors (Lipinski definition) is 0. The lowest BCUT2D eigenvalue weighted by atomic mass is 10.1. The molecule has 1 saturated heterocycles. The second-order valence-corrected chi connectivity index (χ2v) is 6.85. The van der Waals surface area contributed by atoms with Gasteiger partial charge < -0.3 is 4.74 Å². The van der Waals surface area contributed by atoms with Crippen molar-refractivity contribution in [1.82, 2.24) is 4.31 Å². The largest absolute Gasteiger partial charge is 0.468 e. The standard InChI is InChI=1S/C13H16ClNO4S/c1-19-13(16)11-7-4-5-9-15(11)20(17,18)12-8-3-2-6-10(12)14/h2-3,6,8,11H,4-5,7,9H2,1H3. The highest BCUT2D eigenvalue weighted by atomic mass is 35.5. The molecule has 0 radical (unpaired) electrons. The summed E-state index contributed by atoms with van der Waals surface area (Å²) >= 11 is 5.97. The quantitative estimate of drug-likeness (QED) is 0.800. The highest BCUT2D eigenvalue weighted by Crippen LogP contribution is 2.29. The molecule has 0 aromatic heterocycles. The van der Waals surface area contributed by atoms with E-state index in [0.29, 0.717) is 13.0 Å². The van der Waals surface area contributed by atoms with Gasteiger partial charge in [0.25, 0.3) is 0 Å². The Bertz CT molecular complexity index is 602. The molecule has 1 aromatic rings. The van der Waals surface area contributed by atoms with Crippen LogP contribution in [0.4, 0.5) is 0 Å². The molecule has 2 rings (SSSR count). The van der Waals surface area contributed by atoms with Crippen molar-refractivity contribution in [3.8, 4) is 0 Å². The van der Waals surface area contributed by atoms with E-state index >= 15 is 0 Å². The monoisotopic (exact) mass is 317 g/mol. The van der Waals surface area contributed by atoms with Gasteiger partial charge in [-0.1, -0.05) is 23.7 Å². The van der Waals surface area contributed by atoms with E-state index in [-0.39, 0.29) is 9.92 Å². The summed E-state index contributed by atoms with van der Waals surface area (Å²) in [6.45, 7) is 0.299. The molecule has 1 aliphatic rings. The van der Waals surface area contributed by atoms with E-state index in [1.165, 1.54) is 23.5 Å². The van der Waals surface area contributed by atoms with Gasteiger partial charge in [-0.05, 0) is 31.4 Å². The van der Waals surface area contributed by atoms with Crippen LogP contribution >= 0.6 is 11.6 Å². The van der Waals surface area contributed by atoms with E-state index in [1.54, 1.807) is 12.1 Å². The Balaban J connectivity index is 2.41. The van der Waals surface area contributed by atoms with Crippen LogP contribution in [0.2, 0.25) is 5.02 Å². The summed E-state index contributed by atoms with van der Waals surface area (Å²) in [5, 5.41) is 0.154. The Morgan fingerprint density at radius 2 is 2.05 bits per heavy atom. The third-order valence-corrected chi connectivity index (χ3v) is 5.76. The second-order valence-electron chi connectivity index (χ2n) is 4.58. The molecule has 0 amide bonds. The maximum absolute atomic E-state index is 12.7. The van der Waals surface area contributed by atoms with Crippen molar-refractivity contribution < 1.29 is 17.9 Å². The summed E-state index contributed by atoms with van der Waals surface area (Å²) in [6.07, 6.45) is 1.99. The molecule has 0 spiro atoms. The van der Waals surface area contributed by atoms with E-state index in [1.807, 2.05) is 0 Å². The lowest BCUT2D eigenvalue weighted by molar-refractivity contribution is -0.146. The number of halogens is 1. The van der Waals surface area contributed by atoms with Gasteiger partial charge in [0.1, 0.15) is 10.9 Å². The predicted molar refractivity (Wildman–Crippen MR) is 75.0 cm³/mol. The van der Waals surface area contributed by atoms with Gasteiger partial charge in [-0.25, -0.2) is 8.42 Å². The van der Waals surface area contributed by atoms with Crippen LogP contribution in [0.15, 0.2) is 29.2 Å². The van der Waals surface area contributed by atoms with Crippen LogP contribution in [0.3, 0.4) is 0 Å². The van der Waals surface area contributed by atoms with E-state index in [4.69, 9.17) is 16.3 Å². The van der Waals surface area contributed by atoms with E-state index < -0.39 is 22.0 Å².